The number of benzene rings is 2. The van der Waals surface area contributed by atoms with Gasteiger partial charge >= 0.3 is 5.91 Å². The Bertz CT molecular complexity index is 1520. The van der Waals surface area contributed by atoms with Gasteiger partial charge in [-0.15, -0.1) is 0 Å². The van der Waals surface area contributed by atoms with Crippen molar-refractivity contribution in [1.82, 2.24) is 4.98 Å². The van der Waals surface area contributed by atoms with E-state index in [9.17, 15) is 19.5 Å². The normalized spacial score (nSPS) is 19.8. The van der Waals surface area contributed by atoms with Crippen molar-refractivity contribution >= 4 is 39.7 Å². The Morgan fingerprint density at radius 2 is 2.08 bits per heavy atom. The minimum absolute atomic E-state index is 0.00916. The molecular weight excluding hydrogens is 504 g/mol. The number of carbonyl (C=O) groups is 3. The number of Topliss-reactive ketones (excluding diaryl/α,β-unsaturated/α-hetero) is 2. The van der Waals surface area contributed by atoms with Gasteiger partial charge in [0.05, 0.1) is 22.2 Å². The molecule has 2 aliphatic rings. The van der Waals surface area contributed by atoms with Crippen molar-refractivity contribution in [2.24, 2.45) is 0 Å². The third-order valence-corrected chi connectivity index (χ3v) is 7.72. The van der Waals surface area contributed by atoms with Gasteiger partial charge in [-0.3, -0.25) is 19.3 Å². The summed E-state index contributed by atoms with van der Waals surface area (Å²) in [7, 11) is 0. The molecule has 1 saturated heterocycles. The van der Waals surface area contributed by atoms with Crippen LogP contribution in [0.25, 0.3) is 5.76 Å². The Morgan fingerprint density at radius 1 is 1.29 bits per heavy atom. The average Bonchev–Trinajstić information content (AvgIpc) is 3.54. The number of rotatable bonds is 7. The van der Waals surface area contributed by atoms with Crippen LogP contribution in [0.2, 0.25) is 0 Å². The van der Waals surface area contributed by atoms with Crippen LogP contribution in [0.1, 0.15) is 51.9 Å². The first-order chi connectivity index (χ1) is 18.2. The summed E-state index contributed by atoms with van der Waals surface area (Å²) in [6, 6.07) is 11.2. The minimum atomic E-state index is -0.990. The lowest BCUT2D eigenvalue weighted by molar-refractivity contribution is -0.132. The number of aromatic nitrogens is 1. The first-order valence-electron chi connectivity index (χ1n) is 12.1. The van der Waals surface area contributed by atoms with Crippen LogP contribution < -0.4 is 14.4 Å². The first kappa shape index (κ1) is 25.4. The van der Waals surface area contributed by atoms with Crippen molar-refractivity contribution in [3.8, 4) is 11.5 Å². The van der Waals surface area contributed by atoms with Gasteiger partial charge in [0.15, 0.2) is 10.9 Å². The number of amides is 1. The maximum atomic E-state index is 13.5. The van der Waals surface area contributed by atoms with Gasteiger partial charge in [0, 0.05) is 18.9 Å². The largest absolute Gasteiger partial charge is 0.507 e. The van der Waals surface area contributed by atoms with E-state index < -0.39 is 17.7 Å². The predicted octanol–water partition coefficient (Wildman–Crippen LogP) is 5.17. The lowest BCUT2D eigenvalue weighted by atomic mass is 9.94. The van der Waals surface area contributed by atoms with E-state index in [2.05, 4.69) is 11.6 Å². The summed E-state index contributed by atoms with van der Waals surface area (Å²) in [6.45, 7) is 9.00. The van der Waals surface area contributed by atoms with Gasteiger partial charge in [-0.1, -0.05) is 36.1 Å². The molecule has 2 atom stereocenters. The summed E-state index contributed by atoms with van der Waals surface area (Å²) in [5, 5.41) is 11.7. The van der Waals surface area contributed by atoms with E-state index in [-0.39, 0.29) is 35.0 Å². The Morgan fingerprint density at radius 3 is 2.79 bits per heavy atom. The highest BCUT2D eigenvalue weighted by molar-refractivity contribution is 7.18. The molecule has 0 radical (unpaired) electrons. The summed E-state index contributed by atoms with van der Waals surface area (Å²) in [5.41, 5.74) is 2.26. The zero-order valence-electron chi connectivity index (χ0n) is 21.2. The SMILES string of the molecule is C=CCOc1cccc(C2/C(=C(/O)c3ccc4c(c3)CC(C)O4)C(=O)C(=O)N2c2nc(C)c(C(C)=O)s2)c1. The molecule has 3 heterocycles. The molecule has 194 valence electrons. The Kier molecular flexibility index (Phi) is 6.62. The molecule has 0 aliphatic carbocycles. The molecule has 38 heavy (non-hydrogen) atoms. The highest BCUT2D eigenvalue weighted by atomic mass is 32.1. The molecule has 2 aliphatic heterocycles. The van der Waals surface area contributed by atoms with E-state index in [1.54, 1.807) is 55.5 Å². The van der Waals surface area contributed by atoms with Gasteiger partial charge in [-0.05, 0) is 55.3 Å². The van der Waals surface area contributed by atoms with E-state index in [0.29, 0.717) is 33.9 Å². The number of nitrogens with zero attached hydrogens (tertiary/aromatic N) is 2. The number of fused-ring (bicyclic) bond motifs is 1. The van der Waals surface area contributed by atoms with Crippen LogP contribution in [0.3, 0.4) is 0 Å². The van der Waals surface area contributed by atoms with Gasteiger partial charge < -0.3 is 14.6 Å². The fraction of sp³-hybridized carbons (Fsp3) is 0.241. The molecule has 1 aromatic heterocycles. The number of anilines is 1. The van der Waals surface area contributed by atoms with E-state index >= 15 is 0 Å². The van der Waals surface area contributed by atoms with Crippen LogP contribution in [-0.4, -0.2) is 40.3 Å². The monoisotopic (exact) mass is 530 g/mol. The summed E-state index contributed by atoms with van der Waals surface area (Å²) in [4.78, 5) is 45.2. The van der Waals surface area contributed by atoms with E-state index in [0.717, 1.165) is 22.6 Å². The minimum Gasteiger partial charge on any atom is -0.507 e. The van der Waals surface area contributed by atoms with E-state index in [1.807, 2.05) is 6.92 Å². The zero-order valence-corrected chi connectivity index (χ0v) is 22.0. The van der Waals surface area contributed by atoms with E-state index in [4.69, 9.17) is 9.47 Å². The van der Waals surface area contributed by atoms with E-state index in [1.165, 1.54) is 11.8 Å². The molecule has 0 saturated carbocycles. The standard InChI is InChI=1S/C29H26N2O6S/c1-5-11-36-21-8-6-7-18(14-21)24-23(25(33)19-9-10-22-20(13-19)12-15(2)37-22)26(34)28(35)31(24)29-30-16(3)27(38-29)17(4)32/h5-10,13-15,24,33H,1,11-12H2,2-4H3/b25-23-. The molecule has 1 amide bonds. The Hall–Kier alpha value is -4.24. The molecule has 0 spiro atoms. The highest BCUT2D eigenvalue weighted by Crippen LogP contribution is 2.45. The molecule has 5 rings (SSSR count). The molecule has 2 unspecified atom stereocenters. The van der Waals surface area contributed by atoms with Crippen molar-refractivity contribution in [1.29, 1.82) is 0 Å². The number of hydrogen-bond acceptors (Lipinski definition) is 8. The van der Waals surface area contributed by atoms with Crippen LogP contribution >= 0.6 is 11.3 Å². The van der Waals surface area contributed by atoms with Gasteiger partial charge in [-0.2, -0.15) is 0 Å². The van der Waals surface area contributed by atoms with Gasteiger partial charge in [0.2, 0.25) is 0 Å². The number of aliphatic hydroxyl groups excluding tert-OH is 1. The molecule has 2 aromatic carbocycles. The summed E-state index contributed by atoms with van der Waals surface area (Å²) in [5.74, 6) is -0.919. The van der Waals surface area contributed by atoms with Gasteiger partial charge in [0.25, 0.3) is 5.78 Å². The molecular formula is C29H26N2O6S. The third kappa shape index (κ3) is 4.39. The quantitative estimate of drug-likeness (QED) is 0.148. The van der Waals surface area contributed by atoms with Gasteiger partial charge in [-0.25, -0.2) is 4.98 Å². The number of aryl methyl sites for hydroxylation is 1. The number of ketones is 2. The van der Waals surface area contributed by atoms with Crippen LogP contribution in [-0.2, 0) is 16.0 Å². The molecule has 9 heteroatoms. The second-order valence-electron chi connectivity index (χ2n) is 9.26. The Labute approximate surface area is 223 Å². The molecule has 1 N–H and O–H groups in total. The molecule has 0 bridgehead atoms. The average molecular weight is 531 g/mol. The van der Waals surface area contributed by atoms with Crippen molar-refractivity contribution in [2.75, 3.05) is 11.5 Å². The molecule has 3 aromatic rings. The zero-order chi connectivity index (χ0) is 27.1. The lowest BCUT2D eigenvalue weighted by Crippen LogP contribution is -2.29. The van der Waals surface area contributed by atoms with Crippen LogP contribution in [0, 0.1) is 6.92 Å². The summed E-state index contributed by atoms with van der Waals surface area (Å²) >= 11 is 1.04. The van der Waals surface area contributed by atoms with Crippen LogP contribution in [0.15, 0.2) is 60.7 Å². The van der Waals surface area contributed by atoms with Crippen molar-refractivity contribution < 1.29 is 29.0 Å². The van der Waals surface area contributed by atoms with Crippen LogP contribution in [0.5, 0.6) is 11.5 Å². The number of ether oxygens (including phenoxy) is 2. The van der Waals surface area contributed by atoms with Crippen molar-refractivity contribution in [3.05, 3.63) is 88.0 Å². The fourth-order valence-electron chi connectivity index (χ4n) is 4.81. The van der Waals surface area contributed by atoms with Crippen molar-refractivity contribution in [2.45, 2.75) is 39.3 Å². The lowest BCUT2D eigenvalue weighted by Gasteiger charge is -2.23. The number of thiazole rings is 1. The second kappa shape index (κ2) is 9.90. The number of carbonyl (C=O) groups excluding carboxylic acids is 3. The number of hydrogen-bond donors (Lipinski definition) is 1. The number of aliphatic hydroxyl groups is 1. The van der Waals surface area contributed by atoms with Crippen LogP contribution in [0.4, 0.5) is 5.13 Å². The Balaban J connectivity index is 1.69. The predicted molar refractivity (Wildman–Crippen MR) is 144 cm³/mol. The third-order valence-electron chi connectivity index (χ3n) is 6.47. The fourth-order valence-corrected chi connectivity index (χ4v) is 5.80. The summed E-state index contributed by atoms with van der Waals surface area (Å²) in [6.07, 6.45) is 2.29. The van der Waals surface area contributed by atoms with Crippen molar-refractivity contribution in [3.63, 3.8) is 0 Å². The topological polar surface area (TPSA) is 106 Å². The maximum Gasteiger partial charge on any atom is 0.301 e. The highest BCUT2D eigenvalue weighted by Gasteiger charge is 2.48. The second-order valence-corrected chi connectivity index (χ2v) is 10.2. The molecule has 1 fully saturated rings. The molecule has 8 nitrogen and oxygen atoms in total. The summed E-state index contributed by atoms with van der Waals surface area (Å²) < 4.78 is 11.5. The maximum absolute atomic E-state index is 13.5. The first-order valence-corrected chi connectivity index (χ1v) is 12.9. The van der Waals surface area contributed by atoms with Gasteiger partial charge in [0.1, 0.15) is 30.0 Å². The smallest absolute Gasteiger partial charge is 0.301 e.